The van der Waals surface area contributed by atoms with Crippen molar-refractivity contribution in [3.05, 3.63) is 28.2 Å². The van der Waals surface area contributed by atoms with E-state index >= 15 is 0 Å². The molecule has 1 unspecified atom stereocenters. The summed E-state index contributed by atoms with van der Waals surface area (Å²) >= 11 is 16.8. The Morgan fingerprint density at radius 3 is 2.44 bits per heavy atom. The Morgan fingerprint density at radius 2 is 2.00 bits per heavy atom. The van der Waals surface area contributed by atoms with Gasteiger partial charge in [-0.1, -0.05) is 54.8 Å². The number of thiocarbonyl (C=S) groups is 1. The number of nitrogens with two attached hydrogens (primary N) is 1. The van der Waals surface area contributed by atoms with Gasteiger partial charge in [0.15, 0.2) is 0 Å². The molecule has 6 heteroatoms. The van der Waals surface area contributed by atoms with Crippen molar-refractivity contribution in [1.29, 1.82) is 0 Å². The molecule has 0 spiro atoms. The minimum Gasteiger partial charge on any atom is -0.393 e. The van der Waals surface area contributed by atoms with Crippen LogP contribution in [-0.2, 0) is 4.79 Å². The smallest absolute Gasteiger partial charge is 0.234 e. The molecule has 1 rings (SSSR count). The highest BCUT2D eigenvalue weighted by atomic mass is 35.5. The second-order valence-electron chi connectivity index (χ2n) is 3.83. The molecule has 0 aliphatic carbocycles. The Hall–Kier alpha value is -0.840. The Bertz CT molecular complexity index is 445. The molecule has 1 amide bonds. The number of rotatable bonds is 5. The molecule has 0 radical (unpaired) electrons. The number of anilines is 1. The van der Waals surface area contributed by atoms with Crippen molar-refractivity contribution >= 4 is 52.0 Å². The van der Waals surface area contributed by atoms with Gasteiger partial charge in [0, 0.05) is 0 Å². The largest absolute Gasteiger partial charge is 0.393 e. The van der Waals surface area contributed by atoms with Crippen LogP contribution in [0.4, 0.5) is 5.69 Å². The second kappa shape index (κ2) is 6.92. The zero-order valence-corrected chi connectivity index (χ0v) is 12.2. The number of halogens is 2. The molecule has 0 saturated heterocycles. The first-order valence-electron chi connectivity index (χ1n) is 5.51. The molecule has 0 aliphatic heterocycles. The molecular formula is C12H14Cl2N2OS. The molecule has 0 heterocycles. The number of hydrogen-bond donors (Lipinski definition) is 2. The van der Waals surface area contributed by atoms with Gasteiger partial charge in [0.25, 0.3) is 0 Å². The van der Waals surface area contributed by atoms with Crippen LogP contribution in [0.2, 0.25) is 10.0 Å². The van der Waals surface area contributed by atoms with Crippen molar-refractivity contribution < 1.29 is 4.79 Å². The summed E-state index contributed by atoms with van der Waals surface area (Å²) in [5.74, 6) is -0.781. The molecule has 3 N–H and O–H groups in total. The van der Waals surface area contributed by atoms with Crippen LogP contribution in [0.5, 0.6) is 0 Å². The van der Waals surface area contributed by atoms with E-state index in [4.69, 9.17) is 41.2 Å². The number of para-hydroxylation sites is 1. The summed E-state index contributed by atoms with van der Waals surface area (Å²) < 4.78 is 0. The summed E-state index contributed by atoms with van der Waals surface area (Å²) in [7, 11) is 0. The summed E-state index contributed by atoms with van der Waals surface area (Å²) in [5.41, 5.74) is 5.95. The van der Waals surface area contributed by atoms with E-state index in [-0.39, 0.29) is 10.9 Å². The monoisotopic (exact) mass is 304 g/mol. The lowest BCUT2D eigenvalue weighted by Crippen LogP contribution is -2.33. The quantitative estimate of drug-likeness (QED) is 0.817. The van der Waals surface area contributed by atoms with Crippen molar-refractivity contribution in [1.82, 2.24) is 0 Å². The average Bonchev–Trinajstić information content (AvgIpc) is 2.30. The van der Waals surface area contributed by atoms with Crippen molar-refractivity contribution in [3.63, 3.8) is 0 Å². The molecule has 1 aromatic carbocycles. The molecule has 3 nitrogen and oxygen atoms in total. The van der Waals surface area contributed by atoms with Gasteiger partial charge in [0.2, 0.25) is 5.91 Å². The first-order chi connectivity index (χ1) is 8.47. The summed E-state index contributed by atoms with van der Waals surface area (Å²) in [6, 6.07) is 5.01. The van der Waals surface area contributed by atoms with Crippen LogP contribution in [0, 0.1) is 5.92 Å². The van der Waals surface area contributed by atoms with Crippen molar-refractivity contribution in [3.8, 4) is 0 Å². The molecule has 1 atom stereocenters. The summed E-state index contributed by atoms with van der Waals surface area (Å²) in [6.07, 6.45) is 1.41. The number of carbonyl (C=O) groups excluding carboxylic acids is 1. The maximum absolute atomic E-state index is 12.1. The average molecular weight is 305 g/mol. The number of carbonyl (C=O) groups is 1. The zero-order valence-electron chi connectivity index (χ0n) is 9.87. The molecule has 0 bridgehead atoms. The molecule has 0 saturated carbocycles. The van der Waals surface area contributed by atoms with Crippen LogP contribution < -0.4 is 11.1 Å². The van der Waals surface area contributed by atoms with Gasteiger partial charge in [-0.15, -0.1) is 0 Å². The van der Waals surface area contributed by atoms with Gasteiger partial charge < -0.3 is 11.1 Å². The van der Waals surface area contributed by atoms with Gasteiger partial charge >= 0.3 is 0 Å². The predicted octanol–water partition coefficient (Wildman–Crippen LogP) is 3.63. The fourth-order valence-corrected chi connectivity index (χ4v) is 2.24. The van der Waals surface area contributed by atoms with Crippen LogP contribution in [0.1, 0.15) is 19.8 Å². The highest BCUT2D eigenvalue weighted by molar-refractivity contribution is 7.80. The summed E-state index contributed by atoms with van der Waals surface area (Å²) in [6.45, 7) is 1.96. The molecule has 1 aromatic rings. The molecular weight excluding hydrogens is 291 g/mol. The fraction of sp³-hybridized carbons (Fsp3) is 0.333. The summed E-state index contributed by atoms with van der Waals surface area (Å²) in [5, 5.41) is 3.44. The highest BCUT2D eigenvalue weighted by Gasteiger charge is 2.21. The first-order valence-corrected chi connectivity index (χ1v) is 6.68. The lowest BCUT2D eigenvalue weighted by atomic mass is 10.0. The minimum absolute atomic E-state index is 0.178. The molecule has 18 heavy (non-hydrogen) atoms. The SMILES string of the molecule is CCCC(C(=O)Nc1c(Cl)cccc1Cl)C(N)=S. The first kappa shape index (κ1) is 15.2. The maximum Gasteiger partial charge on any atom is 0.234 e. The van der Waals surface area contributed by atoms with E-state index in [9.17, 15) is 4.79 Å². The van der Waals surface area contributed by atoms with Gasteiger partial charge in [-0.05, 0) is 18.6 Å². The Kier molecular flexibility index (Phi) is 5.85. The van der Waals surface area contributed by atoms with Gasteiger partial charge in [-0.2, -0.15) is 0 Å². The Balaban J connectivity index is 2.89. The van der Waals surface area contributed by atoms with Crippen molar-refractivity contribution in [2.45, 2.75) is 19.8 Å². The van der Waals surface area contributed by atoms with Gasteiger partial charge in [0.05, 0.1) is 26.6 Å². The third-order valence-electron chi connectivity index (χ3n) is 2.45. The lowest BCUT2D eigenvalue weighted by Gasteiger charge is -2.16. The van der Waals surface area contributed by atoms with Crippen LogP contribution in [0.3, 0.4) is 0 Å². The molecule has 0 fully saturated rings. The van der Waals surface area contributed by atoms with Crippen molar-refractivity contribution in [2.24, 2.45) is 11.7 Å². The Labute approximate surface area is 122 Å². The van der Waals surface area contributed by atoms with Gasteiger partial charge in [0.1, 0.15) is 0 Å². The van der Waals surface area contributed by atoms with E-state index in [0.717, 1.165) is 6.42 Å². The fourth-order valence-electron chi connectivity index (χ4n) is 1.52. The van der Waals surface area contributed by atoms with E-state index in [1.807, 2.05) is 6.92 Å². The standard InChI is InChI=1S/C12H14Cl2N2OS/c1-2-4-7(11(15)18)12(17)16-10-8(13)5-3-6-9(10)14/h3,5-7H,2,4H2,1H3,(H2,15,18)(H,16,17). The molecule has 0 aliphatic rings. The maximum atomic E-state index is 12.1. The van der Waals surface area contributed by atoms with Crippen LogP contribution >= 0.6 is 35.4 Å². The van der Waals surface area contributed by atoms with E-state index in [1.165, 1.54) is 0 Å². The van der Waals surface area contributed by atoms with E-state index in [0.29, 0.717) is 22.2 Å². The van der Waals surface area contributed by atoms with Crippen LogP contribution in [-0.4, -0.2) is 10.9 Å². The normalized spacial score (nSPS) is 11.9. The van der Waals surface area contributed by atoms with Crippen LogP contribution in [0.25, 0.3) is 0 Å². The number of benzene rings is 1. The highest BCUT2D eigenvalue weighted by Crippen LogP contribution is 2.30. The summed E-state index contributed by atoms with van der Waals surface area (Å²) in [4.78, 5) is 12.2. The molecule has 0 aromatic heterocycles. The molecule has 98 valence electrons. The number of nitrogens with one attached hydrogen (secondary N) is 1. The predicted molar refractivity (Wildman–Crippen MR) is 80.3 cm³/mol. The van der Waals surface area contributed by atoms with Crippen molar-refractivity contribution in [2.75, 3.05) is 5.32 Å². The van der Waals surface area contributed by atoms with Crippen LogP contribution in [0.15, 0.2) is 18.2 Å². The van der Waals surface area contributed by atoms with E-state index in [1.54, 1.807) is 18.2 Å². The Morgan fingerprint density at radius 1 is 1.44 bits per heavy atom. The van der Waals surface area contributed by atoms with E-state index in [2.05, 4.69) is 5.32 Å². The topological polar surface area (TPSA) is 55.1 Å². The number of hydrogen-bond acceptors (Lipinski definition) is 2. The third kappa shape index (κ3) is 3.83. The van der Waals surface area contributed by atoms with E-state index < -0.39 is 5.92 Å². The van der Waals surface area contributed by atoms with Gasteiger partial charge in [-0.3, -0.25) is 4.79 Å². The third-order valence-corrected chi connectivity index (χ3v) is 3.36. The second-order valence-corrected chi connectivity index (χ2v) is 5.12. The number of amides is 1. The zero-order chi connectivity index (χ0) is 13.7. The minimum atomic E-state index is -0.502. The van der Waals surface area contributed by atoms with Gasteiger partial charge in [-0.25, -0.2) is 0 Å². The lowest BCUT2D eigenvalue weighted by molar-refractivity contribution is -0.118.